The van der Waals surface area contributed by atoms with Crippen LogP contribution in [0, 0.1) is 0 Å². The molecule has 21 heavy (non-hydrogen) atoms. The Labute approximate surface area is 124 Å². The van der Waals surface area contributed by atoms with E-state index in [4.69, 9.17) is 0 Å². The van der Waals surface area contributed by atoms with Crippen molar-refractivity contribution in [2.45, 2.75) is 24.0 Å². The molecule has 0 bridgehead atoms. The Morgan fingerprint density at radius 2 is 1.90 bits per heavy atom. The van der Waals surface area contributed by atoms with Gasteiger partial charge in [0.1, 0.15) is 0 Å². The normalized spacial score (nSPS) is 14.1. The molecule has 3 nitrogen and oxygen atoms in total. The van der Waals surface area contributed by atoms with Crippen LogP contribution in [0.1, 0.15) is 23.4 Å². The second kappa shape index (κ2) is 5.78. The molecule has 0 radical (unpaired) electrons. The Hall–Kier alpha value is -1.38. The zero-order chi connectivity index (χ0) is 15.7. The van der Waals surface area contributed by atoms with Gasteiger partial charge < -0.3 is 0 Å². The average molecular weight is 335 g/mol. The van der Waals surface area contributed by atoms with Crippen LogP contribution in [0.4, 0.5) is 13.2 Å². The third-order valence-corrected chi connectivity index (χ3v) is 5.37. The van der Waals surface area contributed by atoms with Gasteiger partial charge in [0.05, 0.1) is 16.5 Å². The lowest BCUT2D eigenvalue weighted by atomic mass is 10.2. The molecule has 1 aromatic carbocycles. The van der Waals surface area contributed by atoms with E-state index in [0.717, 1.165) is 23.1 Å². The van der Waals surface area contributed by atoms with Crippen LogP contribution in [0.3, 0.4) is 0 Å². The van der Waals surface area contributed by atoms with Crippen LogP contribution in [0.2, 0.25) is 0 Å². The molecule has 0 fully saturated rings. The van der Waals surface area contributed by atoms with Crippen molar-refractivity contribution < 1.29 is 21.6 Å². The number of alkyl halides is 3. The Morgan fingerprint density at radius 3 is 2.48 bits per heavy atom. The highest BCUT2D eigenvalue weighted by Crippen LogP contribution is 2.30. The maximum atomic E-state index is 12.6. The van der Waals surface area contributed by atoms with Crippen molar-refractivity contribution in [3.05, 3.63) is 52.2 Å². The lowest BCUT2D eigenvalue weighted by Gasteiger charge is -2.14. The van der Waals surface area contributed by atoms with Crippen LogP contribution in [0.15, 0.2) is 46.7 Å². The smallest absolute Gasteiger partial charge is 0.207 e. The maximum absolute atomic E-state index is 12.6. The summed E-state index contributed by atoms with van der Waals surface area (Å²) in [5.74, 6) is 0. The standard InChI is InChI=1S/C13H12F3NO2S2/c1-9(12-6-3-7-20-12)17-21(18,19)11-5-2-4-10(8-11)13(14,15)16/h2-9,17H,1H3. The van der Waals surface area contributed by atoms with Crippen molar-refractivity contribution in [1.82, 2.24) is 4.72 Å². The summed E-state index contributed by atoms with van der Waals surface area (Å²) in [6.45, 7) is 1.64. The van der Waals surface area contributed by atoms with Gasteiger partial charge in [-0.1, -0.05) is 12.1 Å². The van der Waals surface area contributed by atoms with Gasteiger partial charge in [-0.05, 0) is 36.6 Å². The van der Waals surface area contributed by atoms with E-state index in [2.05, 4.69) is 4.72 Å². The molecule has 1 heterocycles. The Bertz CT molecular complexity index is 709. The van der Waals surface area contributed by atoms with Crippen LogP contribution in [-0.4, -0.2) is 8.42 Å². The third-order valence-electron chi connectivity index (χ3n) is 2.77. The molecule has 0 aliphatic carbocycles. The number of hydrogen-bond donors (Lipinski definition) is 1. The average Bonchev–Trinajstić information content (AvgIpc) is 2.91. The van der Waals surface area contributed by atoms with Crippen molar-refractivity contribution in [3.63, 3.8) is 0 Å². The van der Waals surface area contributed by atoms with Gasteiger partial charge >= 0.3 is 6.18 Å². The van der Waals surface area contributed by atoms with Crippen LogP contribution in [0.5, 0.6) is 0 Å². The first kappa shape index (κ1) is 16.0. The zero-order valence-corrected chi connectivity index (χ0v) is 12.5. The molecule has 2 rings (SSSR count). The molecule has 0 aliphatic heterocycles. The molecule has 0 amide bonds. The van der Waals surface area contributed by atoms with Gasteiger partial charge in [0, 0.05) is 4.88 Å². The van der Waals surface area contributed by atoms with Gasteiger partial charge in [0.25, 0.3) is 0 Å². The topological polar surface area (TPSA) is 46.2 Å². The first-order valence-electron chi connectivity index (χ1n) is 5.93. The van der Waals surface area contributed by atoms with E-state index in [1.54, 1.807) is 24.4 Å². The maximum Gasteiger partial charge on any atom is 0.416 e. The summed E-state index contributed by atoms with van der Waals surface area (Å²) in [6.07, 6.45) is -4.58. The summed E-state index contributed by atoms with van der Waals surface area (Å²) in [5.41, 5.74) is -0.992. The fraction of sp³-hybridized carbons (Fsp3) is 0.231. The highest BCUT2D eigenvalue weighted by molar-refractivity contribution is 7.89. The number of rotatable bonds is 4. The number of nitrogens with one attached hydrogen (secondary N) is 1. The van der Waals surface area contributed by atoms with E-state index in [1.165, 1.54) is 11.3 Å². The molecule has 1 unspecified atom stereocenters. The monoisotopic (exact) mass is 335 g/mol. The Balaban J connectivity index is 2.28. The molecule has 0 spiro atoms. The highest BCUT2D eigenvalue weighted by Gasteiger charge is 2.31. The van der Waals surface area contributed by atoms with Gasteiger partial charge in [0.2, 0.25) is 10.0 Å². The lowest BCUT2D eigenvalue weighted by molar-refractivity contribution is -0.137. The van der Waals surface area contributed by atoms with Gasteiger partial charge in [-0.25, -0.2) is 13.1 Å². The largest absolute Gasteiger partial charge is 0.416 e. The quantitative estimate of drug-likeness (QED) is 0.923. The minimum Gasteiger partial charge on any atom is -0.207 e. The van der Waals surface area contributed by atoms with Gasteiger partial charge in [-0.2, -0.15) is 13.2 Å². The molecule has 0 saturated heterocycles. The van der Waals surface area contributed by atoms with Crippen molar-refractivity contribution >= 4 is 21.4 Å². The summed E-state index contributed by atoms with van der Waals surface area (Å²) in [5, 5.41) is 1.80. The molecule has 8 heteroatoms. The Kier molecular flexibility index (Phi) is 4.40. The van der Waals surface area contributed by atoms with Crippen LogP contribution >= 0.6 is 11.3 Å². The first-order chi connectivity index (χ1) is 9.70. The number of thiophene rings is 1. The highest BCUT2D eigenvalue weighted by atomic mass is 32.2. The fourth-order valence-corrected chi connectivity index (χ4v) is 3.81. The zero-order valence-electron chi connectivity index (χ0n) is 10.9. The Morgan fingerprint density at radius 1 is 1.19 bits per heavy atom. The van der Waals surface area contributed by atoms with Crippen molar-refractivity contribution in [1.29, 1.82) is 0 Å². The predicted molar refractivity (Wildman–Crippen MR) is 74.5 cm³/mol. The third kappa shape index (κ3) is 3.84. The van der Waals surface area contributed by atoms with E-state index in [-0.39, 0.29) is 0 Å². The molecule has 0 aliphatic rings. The molecule has 1 N–H and O–H groups in total. The molecular weight excluding hydrogens is 323 g/mol. The number of benzene rings is 1. The summed E-state index contributed by atoms with van der Waals surface area (Å²) < 4.78 is 64.5. The van der Waals surface area contributed by atoms with E-state index in [0.29, 0.717) is 6.07 Å². The van der Waals surface area contributed by atoms with Crippen LogP contribution < -0.4 is 4.72 Å². The molecule has 114 valence electrons. The van der Waals surface area contributed by atoms with E-state index in [9.17, 15) is 21.6 Å². The van der Waals surface area contributed by atoms with E-state index >= 15 is 0 Å². The SMILES string of the molecule is CC(NS(=O)(=O)c1cccc(C(F)(F)F)c1)c1cccs1. The first-order valence-corrected chi connectivity index (χ1v) is 8.29. The van der Waals surface area contributed by atoms with E-state index < -0.39 is 32.7 Å². The molecule has 1 aromatic heterocycles. The molecular formula is C13H12F3NO2S2. The van der Waals surface area contributed by atoms with Crippen LogP contribution in [0.25, 0.3) is 0 Å². The summed E-state index contributed by atoms with van der Waals surface area (Å²) in [7, 11) is -4.01. The van der Waals surface area contributed by atoms with Crippen molar-refractivity contribution in [2.75, 3.05) is 0 Å². The van der Waals surface area contributed by atoms with Crippen molar-refractivity contribution in [2.24, 2.45) is 0 Å². The predicted octanol–water partition coefficient (Wildman–Crippen LogP) is 3.81. The van der Waals surface area contributed by atoms with E-state index in [1.807, 2.05) is 0 Å². The molecule has 2 aromatic rings. The van der Waals surface area contributed by atoms with Crippen molar-refractivity contribution in [3.8, 4) is 0 Å². The second-order valence-corrected chi connectivity index (χ2v) is 7.08. The molecule has 1 atom stereocenters. The summed E-state index contributed by atoms with van der Waals surface area (Å²) in [4.78, 5) is 0.381. The number of hydrogen-bond acceptors (Lipinski definition) is 3. The van der Waals surface area contributed by atoms with Gasteiger partial charge in [0.15, 0.2) is 0 Å². The number of sulfonamides is 1. The van der Waals surface area contributed by atoms with Gasteiger partial charge in [-0.3, -0.25) is 0 Å². The van der Waals surface area contributed by atoms with Gasteiger partial charge in [-0.15, -0.1) is 11.3 Å². The minimum absolute atomic E-state index is 0.402. The number of halogens is 3. The minimum atomic E-state index is -4.58. The summed E-state index contributed by atoms with van der Waals surface area (Å²) >= 11 is 1.37. The summed E-state index contributed by atoms with van der Waals surface area (Å²) in [6, 6.07) is 6.69. The van der Waals surface area contributed by atoms with Crippen LogP contribution in [-0.2, 0) is 16.2 Å². The second-order valence-electron chi connectivity index (χ2n) is 4.38. The molecule has 0 saturated carbocycles. The lowest BCUT2D eigenvalue weighted by Crippen LogP contribution is -2.26. The fourth-order valence-electron chi connectivity index (χ4n) is 1.74.